The highest BCUT2D eigenvalue weighted by molar-refractivity contribution is 7.20. The number of ether oxygens (including phenoxy) is 1. The molecule has 1 saturated heterocycles. The lowest BCUT2D eigenvalue weighted by molar-refractivity contribution is 0.0633. The zero-order chi connectivity index (χ0) is 13.4. The number of thiazole rings is 1. The number of fused-ring (bicyclic) bond motifs is 1. The maximum atomic E-state index is 5.86. The van der Waals surface area contributed by atoms with E-state index in [0.717, 1.165) is 29.8 Å². The normalized spacial score (nSPS) is 21.4. The Morgan fingerprint density at radius 3 is 2.70 bits per heavy atom. The van der Waals surface area contributed by atoms with Crippen molar-refractivity contribution in [2.75, 3.05) is 32.9 Å². The first-order chi connectivity index (χ1) is 9.88. The summed E-state index contributed by atoms with van der Waals surface area (Å²) in [5.74, 6) is 0. The van der Waals surface area contributed by atoms with Crippen molar-refractivity contribution < 1.29 is 4.74 Å². The Labute approximate surface area is 123 Å². The maximum absolute atomic E-state index is 5.86. The predicted octanol–water partition coefficient (Wildman–Crippen LogP) is 2.41. The summed E-state index contributed by atoms with van der Waals surface area (Å²) in [7, 11) is 0. The molecule has 4 rings (SSSR count). The van der Waals surface area contributed by atoms with E-state index in [-0.39, 0.29) is 0 Å². The van der Waals surface area contributed by atoms with Crippen LogP contribution in [0.25, 0.3) is 10.2 Å². The molecule has 2 aliphatic rings. The number of aromatic nitrogens is 1. The van der Waals surface area contributed by atoms with Gasteiger partial charge in [0, 0.05) is 32.2 Å². The van der Waals surface area contributed by atoms with Gasteiger partial charge in [-0.3, -0.25) is 9.80 Å². The molecule has 0 bridgehead atoms. The molecule has 1 aromatic heterocycles. The van der Waals surface area contributed by atoms with Crippen LogP contribution in [0.3, 0.4) is 0 Å². The van der Waals surface area contributed by atoms with Gasteiger partial charge in [-0.1, -0.05) is 23.5 Å². The van der Waals surface area contributed by atoms with Crippen LogP contribution in [0.1, 0.15) is 12.8 Å². The topological polar surface area (TPSA) is 28.6 Å². The van der Waals surface area contributed by atoms with Gasteiger partial charge in [-0.15, -0.1) is 0 Å². The number of rotatable bonds is 4. The van der Waals surface area contributed by atoms with E-state index in [1.165, 1.54) is 30.6 Å². The molecule has 1 aliphatic heterocycles. The van der Waals surface area contributed by atoms with Crippen LogP contribution in [-0.2, 0) is 0 Å². The molecule has 2 heterocycles. The van der Waals surface area contributed by atoms with Gasteiger partial charge in [0.1, 0.15) is 6.73 Å². The van der Waals surface area contributed by atoms with Crippen molar-refractivity contribution in [2.45, 2.75) is 18.9 Å². The molecule has 106 valence electrons. The number of para-hydroxylation sites is 1. The molecule has 5 heteroatoms. The molecule has 2 aromatic rings. The number of hydrogen-bond acceptors (Lipinski definition) is 5. The summed E-state index contributed by atoms with van der Waals surface area (Å²) in [6.07, 6.45) is 2.81. The van der Waals surface area contributed by atoms with Gasteiger partial charge >= 0.3 is 0 Å². The summed E-state index contributed by atoms with van der Waals surface area (Å²) in [5.41, 5.74) is 1.03. The van der Waals surface area contributed by atoms with Crippen molar-refractivity contribution in [3.8, 4) is 5.19 Å². The minimum absolute atomic E-state index is 0.665. The SMILES string of the molecule is c1ccc2sc(OCN3CCN(C4CC4)CC3)nc2c1. The molecular formula is C15H19N3OS. The Balaban J connectivity index is 1.31. The van der Waals surface area contributed by atoms with Crippen LogP contribution in [0.5, 0.6) is 5.19 Å². The molecule has 1 aliphatic carbocycles. The van der Waals surface area contributed by atoms with Gasteiger partial charge in [-0.2, -0.15) is 0 Å². The fourth-order valence-corrected chi connectivity index (χ4v) is 3.57. The molecule has 0 N–H and O–H groups in total. The fourth-order valence-electron chi connectivity index (χ4n) is 2.76. The lowest BCUT2D eigenvalue weighted by Gasteiger charge is -2.34. The highest BCUT2D eigenvalue weighted by atomic mass is 32.1. The summed E-state index contributed by atoms with van der Waals surface area (Å²) < 4.78 is 7.05. The summed E-state index contributed by atoms with van der Waals surface area (Å²) in [6.45, 7) is 5.27. The molecule has 0 atom stereocenters. The Morgan fingerprint density at radius 2 is 1.95 bits per heavy atom. The van der Waals surface area contributed by atoms with E-state index in [1.807, 2.05) is 18.2 Å². The van der Waals surface area contributed by atoms with Crippen molar-refractivity contribution >= 4 is 21.6 Å². The first-order valence-corrected chi connectivity index (χ1v) is 8.15. The monoisotopic (exact) mass is 289 g/mol. The van der Waals surface area contributed by atoms with E-state index < -0.39 is 0 Å². The summed E-state index contributed by atoms with van der Waals surface area (Å²) >= 11 is 1.63. The van der Waals surface area contributed by atoms with Crippen LogP contribution >= 0.6 is 11.3 Å². The molecule has 0 amide bonds. The zero-order valence-corrected chi connectivity index (χ0v) is 12.3. The molecule has 1 aromatic carbocycles. The van der Waals surface area contributed by atoms with Crippen molar-refractivity contribution in [1.29, 1.82) is 0 Å². The van der Waals surface area contributed by atoms with Gasteiger partial charge in [0.2, 0.25) is 0 Å². The van der Waals surface area contributed by atoms with E-state index in [1.54, 1.807) is 11.3 Å². The number of benzene rings is 1. The van der Waals surface area contributed by atoms with Crippen LogP contribution in [0.2, 0.25) is 0 Å². The Morgan fingerprint density at radius 1 is 1.15 bits per heavy atom. The second-order valence-corrected chi connectivity index (χ2v) is 6.60. The van der Waals surface area contributed by atoms with Crippen LogP contribution in [0.4, 0.5) is 0 Å². The Bertz CT molecular complexity index is 555. The first-order valence-electron chi connectivity index (χ1n) is 7.33. The van der Waals surface area contributed by atoms with E-state index in [4.69, 9.17) is 4.74 Å². The molecule has 4 nitrogen and oxygen atoms in total. The van der Waals surface area contributed by atoms with Crippen LogP contribution in [0.15, 0.2) is 24.3 Å². The standard InChI is InChI=1S/C15H19N3OS/c1-2-4-14-13(3-1)16-15(20-14)19-11-17-7-9-18(10-8-17)12-5-6-12/h1-4,12H,5-11H2. The number of piperazine rings is 1. The van der Waals surface area contributed by atoms with Gasteiger partial charge in [0.25, 0.3) is 5.19 Å². The predicted molar refractivity (Wildman–Crippen MR) is 81.3 cm³/mol. The van der Waals surface area contributed by atoms with Crippen molar-refractivity contribution in [1.82, 2.24) is 14.8 Å². The van der Waals surface area contributed by atoms with Gasteiger partial charge in [-0.05, 0) is 25.0 Å². The molecule has 0 unspecified atom stereocenters. The second-order valence-electron chi connectivity index (χ2n) is 5.61. The second kappa shape index (κ2) is 5.31. The van der Waals surface area contributed by atoms with Crippen molar-refractivity contribution in [3.63, 3.8) is 0 Å². The maximum Gasteiger partial charge on any atom is 0.275 e. The third kappa shape index (κ3) is 2.66. The van der Waals surface area contributed by atoms with Crippen LogP contribution < -0.4 is 4.74 Å². The molecule has 20 heavy (non-hydrogen) atoms. The van der Waals surface area contributed by atoms with Crippen LogP contribution in [-0.4, -0.2) is 53.7 Å². The highest BCUT2D eigenvalue weighted by Crippen LogP contribution is 2.28. The summed E-state index contributed by atoms with van der Waals surface area (Å²) in [4.78, 5) is 9.51. The van der Waals surface area contributed by atoms with Gasteiger partial charge in [-0.25, -0.2) is 4.98 Å². The average molecular weight is 289 g/mol. The lowest BCUT2D eigenvalue weighted by Crippen LogP contribution is -2.48. The summed E-state index contributed by atoms with van der Waals surface area (Å²) in [5, 5.41) is 0.788. The summed E-state index contributed by atoms with van der Waals surface area (Å²) in [6, 6.07) is 9.08. The van der Waals surface area contributed by atoms with E-state index in [9.17, 15) is 0 Å². The van der Waals surface area contributed by atoms with Crippen LogP contribution in [0, 0.1) is 0 Å². The number of nitrogens with zero attached hydrogens (tertiary/aromatic N) is 3. The fraction of sp³-hybridized carbons (Fsp3) is 0.533. The molecule has 1 saturated carbocycles. The van der Waals surface area contributed by atoms with Gasteiger partial charge < -0.3 is 4.74 Å². The van der Waals surface area contributed by atoms with Crippen molar-refractivity contribution in [2.24, 2.45) is 0 Å². The molecule has 0 radical (unpaired) electrons. The lowest BCUT2D eigenvalue weighted by atomic mass is 10.3. The minimum atomic E-state index is 0.665. The third-order valence-electron chi connectivity index (χ3n) is 4.12. The largest absolute Gasteiger partial charge is 0.454 e. The Kier molecular flexibility index (Phi) is 3.34. The van der Waals surface area contributed by atoms with E-state index in [2.05, 4.69) is 20.9 Å². The minimum Gasteiger partial charge on any atom is -0.454 e. The Hall–Kier alpha value is -1.17. The number of hydrogen-bond donors (Lipinski definition) is 0. The molecule has 0 spiro atoms. The van der Waals surface area contributed by atoms with E-state index in [0.29, 0.717) is 6.73 Å². The molecular weight excluding hydrogens is 270 g/mol. The molecule has 2 fully saturated rings. The van der Waals surface area contributed by atoms with Gasteiger partial charge in [0.05, 0.1) is 10.2 Å². The smallest absolute Gasteiger partial charge is 0.275 e. The third-order valence-corrected chi connectivity index (χ3v) is 5.06. The van der Waals surface area contributed by atoms with E-state index >= 15 is 0 Å². The highest BCUT2D eigenvalue weighted by Gasteiger charge is 2.31. The van der Waals surface area contributed by atoms with Gasteiger partial charge in [0.15, 0.2) is 0 Å². The quantitative estimate of drug-likeness (QED) is 0.864. The average Bonchev–Trinajstić information content (AvgIpc) is 3.25. The van der Waals surface area contributed by atoms with Crippen molar-refractivity contribution in [3.05, 3.63) is 24.3 Å². The zero-order valence-electron chi connectivity index (χ0n) is 11.5. The first kappa shape index (κ1) is 12.6.